The van der Waals surface area contributed by atoms with Crippen LogP contribution in [0.1, 0.15) is 51.5 Å². The molecule has 6 heteroatoms. The molecule has 1 aliphatic heterocycles. The Kier molecular flexibility index (Phi) is 6.16. The summed E-state index contributed by atoms with van der Waals surface area (Å²) in [6.07, 6.45) is 2.41. The Morgan fingerprint density at radius 3 is 2.44 bits per heavy atom. The summed E-state index contributed by atoms with van der Waals surface area (Å²) in [5.41, 5.74) is 1.03. The topological polar surface area (TPSA) is 83.7 Å². The van der Waals surface area contributed by atoms with Gasteiger partial charge in [0.2, 0.25) is 5.91 Å². The van der Waals surface area contributed by atoms with Crippen LogP contribution >= 0.6 is 0 Å². The Morgan fingerprint density at radius 1 is 1.28 bits per heavy atom. The van der Waals surface area contributed by atoms with Crippen LogP contribution < -0.4 is 0 Å². The number of carbonyl (C=O) groups excluding carboxylic acids is 1. The average molecular weight is 348 g/mol. The van der Waals surface area contributed by atoms with Crippen LogP contribution in [-0.2, 0) is 4.79 Å². The second-order valence-electron chi connectivity index (χ2n) is 7.96. The molecule has 0 aliphatic carbocycles. The molecule has 1 aromatic rings. The number of aliphatic hydroxyl groups is 1. The van der Waals surface area contributed by atoms with Crippen LogP contribution in [0.2, 0.25) is 0 Å². The zero-order valence-corrected chi connectivity index (χ0v) is 15.3. The van der Waals surface area contributed by atoms with Crippen molar-refractivity contribution < 1.29 is 14.8 Å². The highest BCUT2D eigenvalue weighted by Crippen LogP contribution is 2.35. The molecule has 138 valence electrons. The second-order valence-corrected chi connectivity index (χ2v) is 7.96. The third-order valence-corrected chi connectivity index (χ3v) is 5.27. The van der Waals surface area contributed by atoms with E-state index in [0.29, 0.717) is 25.4 Å². The molecule has 0 spiro atoms. The maximum atomic E-state index is 12.5. The van der Waals surface area contributed by atoms with E-state index in [1.54, 1.807) is 12.1 Å². The standard InChI is InChI=1S/C19H28N2O4/c1-19(2,3)16-6-9-18(23)20(11-10-16)12-15(13-22)14-4-7-17(8-5-14)21(24)25/h4-5,7-8,15-16,22H,6,9-13H2,1-3H3/t15-,16-/m1/s1. The molecule has 1 amide bonds. The summed E-state index contributed by atoms with van der Waals surface area (Å²) in [7, 11) is 0. The van der Waals surface area contributed by atoms with Gasteiger partial charge in [0.1, 0.15) is 0 Å². The largest absolute Gasteiger partial charge is 0.396 e. The van der Waals surface area contributed by atoms with Crippen LogP contribution in [0.5, 0.6) is 0 Å². The molecule has 2 rings (SSSR count). The fourth-order valence-electron chi connectivity index (χ4n) is 3.50. The van der Waals surface area contributed by atoms with E-state index in [-0.39, 0.29) is 29.5 Å². The number of hydrogen-bond acceptors (Lipinski definition) is 4. The number of benzene rings is 1. The molecule has 1 fully saturated rings. The zero-order chi connectivity index (χ0) is 18.6. The van der Waals surface area contributed by atoms with Gasteiger partial charge in [-0.3, -0.25) is 14.9 Å². The van der Waals surface area contributed by atoms with Crippen molar-refractivity contribution >= 4 is 11.6 Å². The van der Waals surface area contributed by atoms with Gasteiger partial charge in [-0.15, -0.1) is 0 Å². The van der Waals surface area contributed by atoms with Gasteiger partial charge in [0.15, 0.2) is 0 Å². The molecule has 2 atom stereocenters. The van der Waals surface area contributed by atoms with E-state index in [1.165, 1.54) is 12.1 Å². The monoisotopic (exact) mass is 348 g/mol. The number of nitro benzene ring substituents is 1. The highest BCUT2D eigenvalue weighted by molar-refractivity contribution is 5.76. The van der Waals surface area contributed by atoms with E-state index in [0.717, 1.165) is 18.4 Å². The first-order valence-corrected chi connectivity index (χ1v) is 8.85. The van der Waals surface area contributed by atoms with Crippen LogP contribution in [0.25, 0.3) is 0 Å². The minimum absolute atomic E-state index is 0.0271. The molecular formula is C19H28N2O4. The number of nitro groups is 1. The Balaban J connectivity index is 2.07. The van der Waals surface area contributed by atoms with Gasteiger partial charge in [0.05, 0.1) is 11.5 Å². The summed E-state index contributed by atoms with van der Waals surface area (Å²) in [4.78, 5) is 24.6. The lowest BCUT2D eigenvalue weighted by Gasteiger charge is -2.30. The molecule has 6 nitrogen and oxygen atoms in total. The molecule has 25 heavy (non-hydrogen) atoms. The number of amides is 1. The van der Waals surface area contributed by atoms with E-state index in [9.17, 15) is 20.0 Å². The van der Waals surface area contributed by atoms with E-state index in [4.69, 9.17) is 0 Å². The van der Waals surface area contributed by atoms with E-state index in [1.807, 2.05) is 4.90 Å². The van der Waals surface area contributed by atoms with Crippen LogP contribution in [-0.4, -0.2) is 40.5 Å². The highest BCUT2D eigenvalue weighted by Gasteiger charge is 2.30. The van der Waals surface area contributed by atoms with Crippen LogP contribution in [0.3, 0.4) is 0 Å². The third-order valence-electron chi connectivity index (χ3n) is 5.27. The maximum Gasteiger partial charge on any atom is 0.269 e. The summed E-state index contributed by atoms with van der Waals surface area (Å²) >= 11 is 0. The molecule has 1 aliphatic rings. The fourth-order valence-corrected chi connectivity index (χ4v) is 3.50. The molecule has 0 saturated carbocycles. The number of aliphatic hydroxyl groups excluding tert-OH is 1. The predicted molar refractivity (Wildman–Crippen MR) is 96.3 cm³/mol. The maximum absolute atomic E-state index is 12.5. The van der Waals surface area contributed by atoms with E-state index >= 15 is 0 Å². The first-order chi connectivity index (χ1) is 11.7. The van der Waals surface area contributed by atoms with Gasteiger partial charge in [-0.05, 0) is 29.7 Å². The number of carbonyl (C=O) groups is 1. The van der Waals surface area contributed by atoms with Gasteiger partial charge >= 0.3 is 0 Å². The molecule has 0 radical (unpaired) electrons. The smallest absolute Gasteiger partial charge is 0.269 e. The predicted octanol–water partition coefficient (Wildman–Crippen LogP) is 3.35. The first-order valence-electron chi connectivity index (χ1n) is 8.85. The molecule has 1 saturated heterocycles. The lowest BCUT2D eigenvalue weighted by atomic mass is 9.77. The highest BCUT2D eigenvalue weighted by atomic mass is 16.6. The Labute approximate surface area is 149 Å². The normalized spacial score (nSPS) is 20.2. The van der Waals surface area contributed by atoms with Crippen molar-refractivity contribution in [1.29, 1.82) is 0 Å². The molecule has 1 N–H and O–H groups in total. The van der Waals surface area contributed by atoms with Crippen molar-refractivity contribution in [1.82, 2.24) is 4.90 Å². The summed E-state index contributed by atoms with van der Waals surface area (Å²) in [5.74, 6) is 0.413. The number of hydrogen-bond donors (Lipinski definition) is 1. The molecule has 1 heterocycles. The van der Waals surface area contributed by atoms with Crippen LogP contribution in [0.4, 0.5) is 5.69 Å². The van der Waals surface area contributed by atoms with Gasteiger partial charge in [-0.2, -0.15) is 0 Å². The van der Waals surface area contributed by atoms with Crippen molar-refractivity contribution in [2.45, 2.75) is 46.0 Å². The minimum atomic E-state index is -0.442. The summed E-state index contributed by atoms with van der Waals surface area (Å²) < 4.78 is 0. The van der Waals surface area contributed by atoms with Crippen LogP contribution in [0, 0.1) is 21.4 Å². The van der Waals surface area contributed by atoms with Gasteiger partial charge < -0.3 is 10.0 Å². The van der Waals surface area contributed by atoms with Crippen molar-refractivity contribution in [3.8, 4) is 0 Å². The lowest BCUT2D eigenvalue weighted by Crippen LogP contribution is -2.35. The van der Waals surface area contributed by atoms with Gasteiger partial charge in [-0.1, -0.05) is 32.9 Å². The SMILES string of the molecule is CC(C)(C)[C@@H]1CCC(=O)N(C[C@H](CO)c2ccc([N+](=O)[O-])cc2)CC1. The summed E-state index contributed by atoms with van der Waals surface area (Å²) in [6.45, 7) is 7.69. The molecule has 0 bridgehead atoms. The number of likely N-dealkylation sites (tertiary alicyclic amines) is 1. The van der Waals surface area contributed by atoms with Gasteiger partial charge in [0, 0.05) is 37.6 Å². The second kappa shape index (κ2) is 7.95. The Hall–Kier alpha value is -1.95. The third kappa shape index (κ3) is 5.01. The van der Waals surface area contributed by atoms with E-state index in [2.05, 4.69) is 20.8 Å². The quantitative estimate of drug-likeness (QED) is 0.653. The number of rotatable bonds is 5. The van der Waals surface area contributed by atoms with Crippen LogP contribution in [0.15, 0.2) is 24.3 Å². The number of non-ortho nitro benzene ring substituents is 1. The Bertz CT molecular complexity index is 607. The molecule has 1 aromatic carbocycles. The van der Waals surface area contributed by atoms with Crippen molar-refractivity contribution in [2.24, 2.45) is 11.3 Å². The summed E-state index contributed by atoms with van der Waals surface area (Å²) in [5, 5.41) is 20.5. The minimum Gasteiger partial charge on any atom is -0.396 e. The Morgan fingerprint density at radius 2 is 1.92 bits per heavy atom. The van der Waals surface area contributed by atoms with Gasteiger partial charge in [-0.25, -0.2) is 0 Å². The molecular weight excluding hydrogens is 320 g/mol. The summed E-state index contributed by atoms with van der Waals surface area (Å²) in [6, 6.07) is 6.22. The van der Waals surface area contributed by atoms with Crippen molar-refractivity contribution in [3.63, 3.8) is 0 Å². The van der Waals surface area contributed by atoms with Gasteiger partial charge in [0.25, 0.3) is 5.69 Å². The number of nitrogens with zero attached hydrogens (tertiary/aromatic N) is 2. The zero-order valence-electron chi connectivity index (χ0n) is 15.3. The van der Waals surface area contributed by atoms with E-state index < -0.39 is 4.92 Å². The fraction of sp³-hybridized carbons (Fsp3) is 0.632. The van der Waals surface area contributed by atoms with Crippen molar-refractivity contribution in [2.75, 3.05) is 19.7 Å². The van der Waals surface area contributed by atoms with Crippen molar-refractivity contribution in [3.05, 3.63) is 39.9 Å². The lowest BCUT2D eigenvalue weighted by molar-refractivity contribution is -0.384. The average Bonchev–Trinajstić information content (AvgIpc) is 2.74. The first kappa shape index (κ1) is 19.4. The molecule has 0 unspecified atom stereocenters. The molecule has 0 aromatic heterocycles.